The number of hydrogen-bond acceptors (Lipinski definition) is 4. The zero-order chi connectivity index (χ0) is 13.2. The summed E-state index contributed by atoms with van der Waals surface area (Å²) in [7, 11) is 0. The number of rotatable bonds is 4. The SMILES string of the molecule is NCc1csc2nc(CCc3ccc(F)cc3)nn12. The summed E-state index contributed by atoms with van der Waals surface area (Å²) in [6, 6.07) is 6.53. The topological polar surface area (TPSA) is 56.2 Å². The molecule has 0 amide bonds. The Morgan fingerprint density at radius 1 is 1.21 bits per heavy atom. The number of aromatic nitrogens is 3. The van der Waals surface area contributed by atoms with Gasteiger partial charge in [-0.15, -0.1) is 11.3 Å². The maximum atomic E-state index is 12.8. The highest BCUT2D eigenvalue weighted by atomic mass is 32.1. The average Bonchev–Trinajstić information content (AvgIpc) is 2.97. The van der Waals surface area contributed by atoms with Crippen LogP contribution in [0.15, 0.2) is 29.6 Å². The molecule has 0 saturated carbocycles. The van der Waals surface area contributed by atoms with Gasteiger partial charge in [-0.1, -0.05) is 12.1 Å². The summed E-state index contributed by atoms with van der Waals surface area (Å²) in [6.07, 6.45) is 1.54. The Morgan fingerprint density at radius 3 is 2.74 bits per heavy atom. The van der Waals surface area contributed by atoms with E-state index in [1.807, 2.05) is 5.38 Å². The first kappa shape index (κ1) is 12.3. The number of nitrogens with two attached hydrogens (primary N) is 1. The van der Waals surface area contributed by atoms with Gasteiger partial charge in [0.2, 0.25) is 4.96 Å². The Bertz CT molecular complexity index is 686. The minimum Gasteiger partial charge on any atom is -0.325 e. The maximum Gasteiger partial charge on any atom is 0.212 e. The van der Waals surface area contributed by atoms with E-state index in [0.29, 0.717) is 6.54 Å². The molecule has 0 saturated heterocycles. The van der Waals surface area contributed by atoms with Gasteiger partial charge in [-0.2, -0.15) is 5.10 Å². The summed E-state index contributed by atoms with van der Waals surface area (Å²) in [5, 5.41) is 6.41. The second kappa shape index (κ2) is 5.07. The van der Waals surface area contributed by atoms with E-state index in [-0.39, 0.29) is 5.82 Å². The summed E-state index contributed by atoms with van der Waals surface area (Å²) < 4.78 is 14.6. The minimum absolute atomic E-state index is 0.211. The normalized spacial score (nSPS) is 11.3. The molecule has 1 aromatic carbocycles. The number of halogens is 1. The summed E-state index contributed by atoms with van der Waals surface area (Å²) in [5.41, 5.74) is 7.69. The van der Waals surface area contributed by atoms with E-state index in [4.69, 9.17) is 5.73 Å². The zero-order valence-electron chi connectivity index (χ0n) is 10.2. The van der Waals surface area contributed by atoms with E-state index in [0.717, 1.165) is 34.9 Å². The second-order valence-electron chi connectivity index (χ2n) is 4.28. The van der Waals surface area contributed by atoms with Crippen molar-refractivity contribution >= 4 is 16.3 Å². The highest BCUT2D eigenvalue weighted by Gasteiger charge is 2.08. The van der Waals surface area contributed by atoms with Gasteiger partial charge in [0.25, 0.3) is 0 Å². The number of thiazole rings is 1. The molecule has 3 aromatic rings. The van der Waals surface area contributed by atoms with E-state index < -0.39 is 0 Å². The first-order valence-electron chi connectivity index (χ1n) is 6.03. The third-order valence-electron chi connectivity index (χ3n) is 2.95. The van der Waals surface area contributed by atoms with Crippen LogP contribution in [-0.2, 0) is 19.4 Å². The number of benzene rings is 1. The van der Waals surface area contributed by atoms with Gasteiger partial charge in [0.05, 0.1) is 5.69 Å². The largest absolute Gasteiger partial charge is 0.325 e. The molecule has 0 fully saturated rings. The fourth-order valence-electron chi connectivity index (χ4n) is 1.92. The molecule has 0 radical (unpaired) electrons. The standard InChI is InChI=1S/C13H13FN4S/c14-10-4-1-9(2-5-10)3-6-12-16-13-18(17-12)11(7-15)8-19-13/h1-2,4-5,8H,3,6-7,15H2. The molecule has 0 atom stereocenters. The summed E-state index contributed by atoms with van der Waals surface area (Å²) in [6.45, 7) is 0.459. The van der Waals surface area contributed by atoms with E-state index in [9.17, 15) is 4.39 Å². The monoisotopic (exact) mass is 276 g/mol. The third kappa shape index (κ3) is 2.50. The summed E-state index contributed by atoms with van der Waals surface area (Å²) >= 11 is 1.54. The van der Waals surface area contributed by atoms with Crippen LogP contribution in [0.5, 0.6) is 0 Å². The van der Waals surface area contributed by atoms with Gasteiger partial charge >= 0.3 is 0 Å². The smallest absolute Gasteiger partial charge is 0.212 e. The quantitative estimate of drug-likeness (QED) is 0.794. The number of fused-ring (bicyclic) bond motifs is 1. The molecule has 4 nitrogen and oxygen atoms in total. The predicted octanol–water partition coefficient (Wildman–Crippen LogP) is 2.17. The summed E-state index contributed by atoms with van der Waals surface area (Å²) in [4.78, 5) is 5.32. The molecular formula is C13H13FN4S. The van der Waals surface area contributed by atoms with Crippen molar-refractivity contribution in [2.45, 2.75) is 19.4 Å². The number of nitrogens with zero attached hydrogens (tertiary/aromatic N) is 3. The van der Waals surface area contributed by atoms with Crippen LogP contribution in [0.2, 0.25) is 0 Å². The summed E-state index contributed by atoms with van der Waals surface area (Å²) in [5.74, 6) is 0.586. The molecule has 2 N–H and O–H groups in total. The van der Waals surface area contributed by atoms with Gasteiger partial charge in [0.15, 0.2) is 5.82 Å². The third-order valence-corrected chi connectivity index (χ3v) is 3.82. The van der Waals surface area contributed by atoms with Crippen LogP contribution in [0.4, 0.5) is 4.39 Å². The van der Waals surface area contributed by atoms with E-state index in [2.05, 4.69) is 10.1 Å². The van der Waals surface area contributed by atoms with Crippen LogP contribution in [-0.4, -0.2) is 14.6 Å². The van der Waals surface area contributed by atoms with Gasteiger partial charge in [0.1, 0.15) is 5.82 Å². The molecule has 19 heavy (non-hydrogen) atoms. The van der Waals surface area contributed by atoms with Crippen molar-refractivity contribution in [1.82, 2.24) is 14.6 Å². The molecular weight excluding hydrogens is 263 g/mol. The Morgan fingerprint density at radius 2 is 2.00 bits per heavy atom. The number of aryl methyl sites for hydroxylation is 2. The molecule has 0 aliphatic rings. The van der Waals surface area contributed by atoms with E-state index >= 15 is 0 Å². The Hall–Kier alpha value is -1.79. The van der Waals surface area contributed by atoms with Gasteiger partial charge in [-0.05, 0) is 24.1 Å². The maximum absolute atomic E-state index is 12.8. The average molecular weight is 276 g/mol. The van der Waals surface area contributed by atoms with Gasteiger partial charge in [-0.25, -0.2) is 13.9 Å². The first-order valence-corrected chi connectivity index (χ1v) is 6.91. The van der Waals surface area contributed by atoms with Gasteiger partial charge in [-0.3, -0.25) is 0 Å². The van der Waals surface area contributed by atoms with E-state index in [1.165, 1.54) is 12.1 Å². The van der Waals surface area contributed by atoms with Crippen LogP contribution >= 0.6 is 11.3 Å². The number of hydrogen-bond donors (Lipinski definition) is 1. The lowest BCUT2D eigenvalue weighted by Gasteiger charge is -1.98. The van der Waals surface area contributed by atoms with E-state index in [1.54, 1.807) is 28.0 Å². The minimum atomic E-state index is -0.211. The zero-order valence-corrected chi connectivity index (χ0v) is 11.0. The predicted molar refractivity (Wildman–Crippen MR) is 72.6 cm³/mol. The van der Waals surface area contributed by atoms with Gasteiger partial charge < -0.3 is 5.73 Å². The molecule has 0 unspecified atom stereocenters. The van der Waals surface area contributed by atoms with Crippen molar-refractivity contribution in [2.75, 3.05) is 0 Å². The Kier molecular flexibility index (Phi) is 3.27. The van der Waals surface area contributed by atoms with Crippen LogP contribution in [0.1, 0.15) is 17.1 Å². The van der Waals surface area contributed by atoms with Crippen LogP contribution in [0, 0.1) is 5.82 Å². The lowest BCUT2D eigenvalue weighted by atomic mass is 10.1. The Balaban J connectivity index is 1.74. The molecule has 2 aromatic heterocycles. The molecule has 3 rings (SSSR count). The van der Waals surface area contributed by atoms with Crippen molar-refractivity contribution in [1.29, 1.82) is 0 Å². The van der Waals surface area contributed by atoms with Crippen molar-refractivity contribution < 1.29 is 4.39 Å². The lowest BCUT2D eigenvalue weighted by Crippen LogP contribution is -2.02. The fraction of sp³-hybridized carbons (Fsp3) is 0.231. The molecule has 6 heteroatoms. The van der Waals surface area contributed by atoms with Crippen molar-refractivity contribution in [3.63, 3.8) is 0 Å². The first-order chi connectivity index (χ1) is 9.26. The molecule has 0 bridgehead atoms. The molecule has 98 valence electrons. The lowest BCUT2D eigenvalue weighted by molar-refractivity contribution is 0.627. The van der Waals surface area contributed by atoms with Gasteiger partial charge in [0, 0.05) is 18.3 Å². The second-order valence-corrected chi connectivity index (χ2v) is 5.12. The van der Waals surface area contributed by atoms with Crippen LogP contribution < -0.4 is 5.73 Å². The Labute approximate surface area is 113 Å². The molecule has 0 spiro atoms. The highest BCUT2D eigenvalue weighted by molar-refractivity contribution is 7.15. The van der Waals surface area contributed by atoms with Crippen molar-refractivity contribution in [2.24, 2.45) is 5.73 Å². The van der Waals surface area contributed by atoms with Crippen LogP contribution in [0.25, 0.3) is 4.96 Å². The molecule has 2 heterocycles. The molecule has 0 aliphatic carbocycles. The van der Waals surface area contributed by atoms with Crippen molar-refractivity contribution in [3.05, 3.63) is 52.5 Å². The highest BCUT2D eigenvalue weighted by Crippen LogP contribution is 2.15. The van der Waals surface area contributed by atoms with Crippen molar-refractivity contribution in [3.8, 4) is 0 Å². The molecule has 0 aliphatic heterocycles. The van der Waals surface area contributed by atoms with Crippen LogP contribution in [0.3, 0.4) is 0 Å². The fourth-order valence-corrected chi connectivity index (χ4v) is 2.77.